The Morgan fingerprint density at radius 3 is 2.52 bits per heavy atom. The Balaban J connectivity index is 2.01. The highest BCUT2D eigenvalue weighted by molar-refractivity contribution is 5.77. The molecule has 1 saturated heterocycles. The largest absolute Gasteiger partial charge is 0.390 e. The predicted octanol–water partition coefficient (Wildman–Crippen LogP) is -0.931. The fourth-order valence-electron chi connectivity index (χ4n) is 2.56. The Kier molecular flexibility index (Phi) is 10.4. The molecule has 0 spiro atoms. The molecule has 7 heteroatoms. The molecule has 1 fully saturated rings. The van der Waals surface area contributed by atoms with Gasteiger partial charge in [-0.1, -0.05) is 13.8 Å². The van der Waals surface area contributed by atoms with E-state index < -0.39 is 6.10 Å². The Labute approximate surface area is 140 Å². The minimum Gasteiger partial charge on any atom is -0.390 e. The quantitative estimate of drug-likeness (QED) is 0.477. The van der Waals surface area contributed by atoms with Gasteiger partial charge in [-0.3, -0.25) is 9.69 Å². The molecule has 23 heavy (non-hydrogen) atoms. The van der Waals surface area contributed by atoms with E-state index in [-0.39, 0.29) is 19.1 Å². The Hall–Kier alpha value is -0.730. The number of aliphatic hydroxyl groups is 1. The van der Waals surface area contributed by atoms with Gasteiger partial charge in [0.25, 0.3) is 0 Å². The van der Waals surface area contributed by atoms with Crippen molar-refractivity contribution in [1.29, 1.82) is 0 Å². The average Bonchev–Trinajstić information content (AvgIpc) is 2.56. The van der Waals surface area contributed by atoms with Gasteiger partial charge in [-0.2, -0.15) is 0 Å². The van der Waals surface area contributed by atoms with Gasteiger partial charge in [-0.05, 0) is 20.1 Å². The third-order valence-electron chi connectivity index (χ3n) is 4.28. The molecular formula is C16H34N4O3. The SMILES string of the molecule is CCN(CC)CC(O)CNC(=O)COCCN1CCN(C)CC1. The highest BCUT2D eigenvalue weighted by Crippen LogP contribution is 1.98. The molecule has 0 bridgehead atoms. The number of likely N-dealkylation sites (N-methyl/N-ethyl adjacent to an activating group) is 2. The van der Waals surface area contributed by atoms with Crippen molar-refractivity contribution in [1.82, 2.24) is 20.0 Å². The second kappa shape index (κ2) is 11.8. The number of carbonyl (C=O) groups is 1. The van der Waals surface area contributed by atoms with Crippen LogP contribution in [-0.4, -0.2) is 111 Å². The van der Waals surface area contributed by atoms with E-state index in [0.717, 1.165) is 45.8 Å². The lowest BCUT2D eigenvalue weighted by Gasteiger charge is -2.32. The van der Waals surface area contributed by atoms with Gasteiger partial charge in [0.1, 0.15) is 6.61 Å². The summed E-state index contributed by atoms with van der Waals surface area (Å²) in [7, 11) is 2.13. The molecule has 1 aliphatic rings. The van der Waals surface area contributed by atoms with Crippen molar-refractivity contribution in [3.8, 4) is 0 Å². The lowest BCUT2D eigenvalue weighted by Crippen LogP contribution is -2.45. The van der Waals surface area contributed by atoms with Crippen LogP contribution in [0.4, 0.5) is 0 Å². The van der Waals surface area contributed by atoms with Crippen molar-refractivity contribution >= 4 is 5.91 Å². The zero-order valence-electron chi connectivity index (χ0n) is 15.0. The van der Waals surface area contributed by atoms with Crippen LogP contribution in [0, 0.1) is 0 Å². The summed E-state index contributed by atoms with van der Waals surface area (Å²) in [6.45, 7) is 12.6. The van der Waals surface area contributed by atoms with E-state index in [1.54, 1.807) is 0 Å². The van der Waals surface area contributed by atoms with E-state index in [4.69, 9.17) is 4.74 Å². The van der Waals surface area contributed by atoms with E-state index in [9.17, 15) is 9.90 Å². The maximum atomic E-state index is 11.7. The first-order valence-corrected chi connectivity index (χ1v) is 8.70. The number of rotatable bonds is 11. The van der Waals surface area contributed by atoms with Crippen LogP contribution in [0.1, 0.15) is 13.8 Å². The number of hydrogen-bond donors (Lipinski definition) is 2. The number of amides is 1. The molecule has 1 rings (SSSR count). The molecule has 1 amide bonds. The van der Waals surface area contributed by atoms with Gasteiger partial charge in [-0.25, -0.2) is 0 Å². The summed E-state index contributed by atoms with van der Waals surface area (Å²) in [5, 5.41) is 12.6. The molecule has 2 N–H and O–H groups in total. The Bertz CT molecular complexity index is 318. The van der Waals surface area contributed by atoms with Crippen molar-refractivity contribution < 1.29 is 14.6 Å². The molecule has 1 unspecified atom stereocenters. The van der Waals surface area contributed by atoms with Gasteiger partial charge in [0.05, 0.1) is 12.7 Å². The molecule has 0 aliphatic carbocycles. The van der Waals surface area contributed by atoms with Crippen LogP contribution in [0.3, 0.4) is 0 Å². The highest BCUT2D eigenvalue weighted by atomic mass is 16.5. The van der Waals surface area contributed by atoms with Crippen molar-refractivity contribution in [2.24, 2.45) is 0 Å². The van der Waals surface area contributed by atoms with Crippen molar-refractivity contribution in [3.63, 3.8) is 0 Å². The van der Waals surface area contributed by atoms with Crippen LogP contribution in [0.2, 0.25) is 0 Å². The van der Waals surface area contributed by atoms with E-state index in [1.807, 2.05) is 0 Å². The first kappa shape index (κ1) is 20.3. The molecular weight excluding hydrogens is 296 g/mol. The second-order valence-electron chi connectivity index (χ2n) is 6.14. The van der Waals surface area contributed by atoms with Crippen LogP contribution in [0.15, 0.2) is 0 Å². The van der Waals surface area contributed by atoms with Gasteiger partial charge < -0.3 is 25.0 Å². The lowest BCUT2D eigenvalue weighted by atomic mass is 10.3. The fraction of sp³-hybridized carbons (Fsp3) is 0.938. The number of carbonyl (C=O) groups excluding carboxylic acids is 1. The van der Waals surface area contributed by atoms with Gasteiger partial charge in [0.2, 0.25) is 5.91 Å². The van der Waals surface area contributed by atoms with Gasteiger partial charge in [0, 0.05) is 45.8 Å². The Morgan fingerprint density at radius 1 is 1.26 bits per heavy atom. The van der Waals surface area contributed by atoms with E-state index in [1.165, 1.54) is 0 Å². The van der Waals surface area contributed by atoms with Crippen molar-refractivity contribution in [3.05, 3.63) is 0 Å². The second-order valence-corrected chi connectivity index (χ2v) is 6.14. The van der Waals surface area contributed by atoms with E-state index >= 15 is 0 Å². The van der Waals surface area contributed by atoms with E-state index in [0.29, 0.717) is 13.2 Å². The topological polar surface area (TPSA) is 68.3 Å². The zero-order chi connectivity index (χ0) is 17.1. The number of piperazine rings is 1. The molecule has 0 radical (unpaired) electrons. The minimum atomic E-state index is -0.538. The summed E-state index contributed by atoms with van der Waals surface area (Å²) in [6, 6.07) is 0. The molecule has 1 atom stereocenters. The number of nitrogens with one attached hydrogen (secondary N) is 1. The molecule has 1 aliphatic heterocycles. The summed E-state index contributed by atoms with van der Waals surface area (Å²) in [5.41, 5.74) is 0. The monoisotopic (exact) mass is 330 g/mol. The standard InChI is InChI=1S/C16H34N4O3/c1-4-19(5-2)13-15(21)12-17-16(22)14-23-11-10-20-8-6-18(3)7-9-20/h15,21H,4-14H2,1-3H3,(H,17,22). The summed E-state index contributed by atoms with van der Waals surface area (Å²) < 4.78 is 5.42. The molecule has 7 nitrogen and oxygen atoms in total. The van der Waals surface area contributed by atoms with Crippen molar-refractivity contribution in [2.45, 2.75) is 20.0 Å². The van der Waals surface area contributed by atoms with E-state index in [2.05, 4.69) is 40.9 Å². The molecule has 0 aromatic rings. The minimum absolute atomic E-state index is 0.0612. The maximum absolute atomic E-state index is 11.7. The van der Waals surface area contributed by atoms with Gasteiger partial charge in [-0.15, -0.1) is 0 Å². The fourth-order valence-corrected chi connectivity index (χ4v) is 2.56. The summed E-state index contributed by atoms with van der Waals surface area (Å²) in [5.74, 6) is -0.165. The average molecular weight is 330 g/mol. The normalized spacial score (nSPS) is 18.3. The van der Waals surface area contributed by atoms with Crippen LogP contribution < -0.4 is 5.32 Å². The van der Waals surface area contributed by atoms with Crippen LogP contribution in [0.25, 0.3) is 0 Å². The van der Waals surface area contributed by atoms with Crippen LogP contribution in [0.5, 0.6) is 0 Å². The van der Waals surface area contributed by atoms with Gasteiger partial charge in [0.15, 0.2) is 0 Å². The Morgan fingerprint density at radius 2 is 1.91 bits per heavy atom. The van der Waals surface area contributed by atoms with Gasteiger partial charge >= 0.3 is 0 Å². The first-order chi connectivity index (χ1) is 11.0. The highest BCUT2D eigenvalue weighted by Gasteiger charge is 2.14. The number of ether oxygens (including phenoxy) is 1. The smallest absolute Gasteiger partial charge is 0.246 e. The maximum Gasteiger partial charge on any atom is 0.246 e. The molecule has 0 saturated carbocycles. The van der Waals surface area contributed by atoms with Crippen LogP contribution in [-0.2, 0) is 9.53 Å². The summed E-state index contributed by atoms with van der Waals surface area (Å²) >= 11 is 0. The molecule has 136 valence electrons. The zero-order valence-corrected chi connectivity index (χ0v) is 15.0. The third kappa shape index (κ3) is 9.22. The van der Waals surface area contributed by atoms with Crippen LogP contribution >= 0.6 is 0 Å². The molecule has 1 heterocycles. The summed E-state index contributed by atoms with van der Waals surface area (Å²) in [6.07, 6.45) is -0.538. The molecule has 0 aromatic carbocycles. The number of aliphatic hydroxyl groups excluding tert-OH is 1. The summed E-state index contributed by atoms with van der Waals surface area (Å²) in [4.78, 5) is 18.5. The number of hydrogen-bond acceptors (Lipinski definition) is 6. The first-order valence-electron chi connectivity index (χ1n) is 8.70. The predicted molar refractivity (Wildman–Crippen MR) is 91.6 cm³/mol. The lowest BCUT2D eigenvalue weighted by molar-refractivity contribution is -0.126. The number of nitrogens with zero attached hydrogens (tertiary/aromatic N) is 3. The van der Waals surface area contributed by atoms with Crippen molar-refractivity contribution in [2.75, 3.05) is 79.2 Å². The third-order valence-corrected chi connectivity index (χ3v) is 4.28. The molecule has 0 aromatic heterocycles.